The van der Waals surface area contributed by atoms with Gasteiger partial charge in [0, 0.05) is 31.6 Å². The number of ether oxygens (including phenoxy) is 1. The third-order valence-electron chi connectivity index (χ3n) is 6.53. The second kappa shape index (κ2) is 9.24. The number of carbonyl (C=O) groups is 1. The molecular weight excluding hydrogens is 424 g/mol. The highest BCUT2D eigenvalue weighted by molar-refractivity contribution is 7.89. The fourth-order valence-corrected chi connectivity index (χ4v) is 6.18. The Morgan fingerprint density at radius 1 is 1.03 bits per heavy atom. The molecule has 172 valence electrons. The predicted molar refractivity (Wildman–Crippen MR) is 124 cm³/mol. The Kier molecular flexibility index (Phi) is 6.58. The Balaban J connectivity index is 1.41. The fraction of sp³-hybridized carbons (Fsp3) is 0.480. The van der Waals surface area contributed by atoms with E-state index in [-0.39, 0.29) is 11.8 Å². The van der Waals surface area contributed by atoms with Crippen LogP contribution in [0.3, 0.4) is 0 Å². The average molecular weight is 457 g/mol. The summed E-state index contributed by atoms with van der Waals surface area (Å²) < 4.78 is 33.1. The molecule has 0 unspecified atom stereocenters. The molecule has 2 fully saturated rings. The molecule has 2 aliphatic rings. The maximum atomic E-state index is 13.4. The summed E-state index contributed by atoms with van der Waals surface area (Å²) in [6.45, 7) is 5.15. The van der Waals surface area contributed by atoms with Crippen molar-refractivity contribution in [1.82, 2.24) is 9.21 Å². The van der Waals surface area contributed by atoms with E-state index in [1.807, 2.05) is 55.1 Å². The second-order valence-corrected chi connectivity index (χ2v) is 10.9. The van der Waals surface area contributed by atoms with E-state index in [0.717, 1.165) is 35.3 Å². The first-order valence-electron chi connectivity index (χ1n) is 11.3. The molecule has 4 rings (SSSR count). The van der Waals surface area contributed by atoms with Crippen LogP contribution in [0.4, 0.5) is 0 Å². The van der Waals surface area contributed by atoms with Crippen LogP contribution >= 0.6 is 0 Å². The van der Waals surface area contributed by atoms with Gasteiger partial charge in [0.05, 0.1) is 12.0 Å². The second-order valence-electron chi connectivity index (χ2n) is 8.99. The molecule has 1 heterocycles. The normalized spacial score (nSPS) is 17.8. The van der Waals surface area contributed by atoms with E-state index in [1.54, 1.807) is 17.5 Å². The molecule has 2 aromatic rings. The zero-order valence-electron chi connectivity index (χ0n) is 19.1. The van der Waals surface area contributed by atoms with Crippen LogP contribution in [0, 0.1) is 19.8 Å². The number of hydrogen-bond donors (Lipinski definition) is 0. The van der Waals surface area contributed by atoms with Crippen molar-refractivity contribution in [3.63, 3.8) is 0 Å². The maximum Gasteiger partial charge on any atom is 0.243 e. The SMILES string of the molecule is COc1ccc(CN(C(=O)C2CCN(S(=O)(=O)c3ccc(C)cc3C)CC2)C2CC2)cc1. The molecule has 1 saturated heterocycles. The van der Waals surface area contributed by atoms with Gasteiger partial charge in [-0.15, -0.1) is 0 Å². The molecule has 0 atom stereocenters. The Hall–Kier alpha value is -2.38. The molecular formula is C25H32N2O4S. The zero-order chi connectivity index (χ0) is 22.9. The summed E-state index contributed by atoms with van der Waals surface area (Å²) in [6.07, 6.45) is 3.22. The molecule has 1 amide bonds. The van der Waals surface area contributed by atoms with Gasteiger partial charge in [-0.25, -0.2) is 8.42 Å². The fourth-order valence-electron chi connectivity index (χ4n) is 4.51. The predicted octanol–water partition coefficient (Wildman–Crippen LogP) is 3.90. The van der Waals surface area contributed by atoms with Crippen LogP contribution in [0.1, 0.15) is 42.4 Å². The van der Waals surface area contributed by atoms with Gasteiger partial charge in [0.25, 0.3) is 0 Å². The highest BCUT2D eigenvalue weighted by Crippen LogP contribution is 2.33. The van der Waals surface area contributed by atoms with Crippen LogP contribution in [0.15, 0.2) is 47.4 Å². The number of amides is 1. The lowest BCUT2D eigenvalue weighted by atomic mass is 9.96. The van der Waals surface area contributed by atoms with Crippen LogP contribution < -0.4 is 4.74 Å². The largest absolute Gasteiger partial charge is 0.497 e. The Labute approximate surface area is 191 Å². The number of aryl methyl sites for hydroxylation is 2. The van der Waals surface area contributed by atoms with Gasteiger partial charge >= 0.3 is 0 Å². The van der Waals surface area contributed by atoms with Gasteiger partial charge in [-0.3, -0.25) is 4.79 Å². The number of carbonyl (C=O) groups excluding carboxylic acids is 1. The first-order valence-corrected chi connectivity index (χ1v) is 12.7. The van der Waals surface area contributed by atoms with E-state index in [2.05, 4.69) is 0 Å². The molecule has 0 N–H and O–H groups in total. The molecule has 6 nitrogen and oxygen atoms in total. The minimum atomic E-state index is -3.54. The maximum absolute atomic E-state index is 13.4. The average Bonchev–Trinajstić information content (AvgIpc) is 3.62. The number of methoxy groups -OCH3 is 1. The van der Waals surface area contributed by atoms with Crippen LogP contribution in [0.2, 0.25) is 0 Å². The molecule has 7 heteroatoms. The standard InChI is InChI=1S/C25H32N2O4S/c1-18-4-11-24(19(2)16-18)32(29,30)26-14-12-21(13-15-26)25(28)27(22-7-8-22)17-20-5-9-23(31-3)10-6-20/h4-6,9-11,16,21-22H,7-8,12-15,17H2,1-3H3. The third-order valence-corrected chi connectivity index (χ3v) is 8.59. The molecule has 0 radical (unpaired) electrons. The minimum Gasteiger partial charge on any atom is -0.497 e. The molecule has 1 aliphatic heterocycles. The summed E-state index contributed by atoms with van der Waals surface area (Å²) in [7, 11) is -1.90. The monoisotopic (exact) mass is 456 g/mol. The quantitative estimate of drug-likeness (QED) is 0.634. The number of sulfonamides is 1. The highest BCUT2D eigenvalue weighted by Gasteiger charge is 2.38. The van der Waals surface area contributed by atoms with Crippen molar-refractivity contribution in [3.8, 4) is 5.75 Å². The van der Waals surface area contributed by atoms with Gasteiger partial charge in [0.1, 0.15) is 5.75 Å². The number of piperidine rings is 1. The highest BCUT2D eigenvalue weighted by atomic mass is 32.2. The third kappa shape index (κ3) is 4.84. The summed E-state index contributed by atoms with van der Waals surface area (Å²) in [5.41, 5.74) is 2.89. The van der Waals surface area contributed by atoms with Gasteiger partial charge in [0.15, 0.2) is 0 Å². The lowest BCUT2D eigenvalue weighted by Gasteiger charge is -2.34. The molecule has 2 aromatic carbocycles. The van der Waals surface area contributed by atoms with Gasteiger partial charge < -0.3 is 9.64 Å². The lowest BCUT2D eigenvalue weighted by molar-refractivity contribution is -0.138. The van der Waals surface area contributed by atoms with Crippen molar-refractivity contribution in [2.75, 3.05) is 20.2 Å². The minimum absolute atomic E-state index is 0.126. The summed E-state index contributed by atoms with van der Waals surface area (Å²) in [5.74, 6) is 0.835. The number of hydrogen-bond acceptors (Lipinski definition) is 4. The molecule has 0 aromatic heterocycles. The van der Waals surface area contributed by atoms with Crippen molar-refractivity contribution < 1.29 is 17.9 Å². The van der Waals surface area contributed by atoms with E-state index in [9.17, 15) is 13.2 Å². The van der Waals surface area contributed by atoms with E-state index in [0.29, 0.717) is 43.4 Å². The van der Waals surface area contributed by atoms with Crippen molar-refractivity contribution >= 4 is 15.9 Å². The molecule has 1 aliphatic carbocycles. The summed E-state index contributed by atoms with van der Waals surface area (Å²) >= 11 is 0. The van der Waals surface area contributed by atoms with Crippen LogP contribution in [-0.2, 0) is 21.4 Å². The first-order chi connectivity index (χ1) is 15.3. The number of nitrogens with zero attached hydrogens (tertiary/aromatic N) is 2. The van der Waals surface area contributed by atoms with Crippen LogP contribution in [0.5, 0.6) is 5.75 Å². The molecule has 0 spiro atoms. The smallest absolute Gasteiger partial charge is 0.243 e. The molecule has 1 saturated carbocycles. The van der Waals surface area contributed by atoms with E-state index in [4.69, 9.17) is 4.74 Å². The van der Waals surface area contributed by atoms with Gasteiger partial charge in [-0.05, 0) is 68.9 Å². The summed E-state index contributed by atoms with van der Waals surface area (Å²) in [5, 5.41) is 0. The summed E-state index contributed by atoms with van der Waals surface area (Å²) in [6, 6.07) is 13.6. The Bertz CT molecular complexity index is 1070. The number of benzene rings is 2. The van der Waals surface area contributed by atoms with Gasteiger partial charge in [0.2, 0.25) is 15.9 Å². The van der Waals surface area contributed by atoms with Gasteiger partial charge in [-0.1, -0.05) is 29.8 Å². The van der Waals surface area contributed by atoms with Crippen molar-refractivity contribution in [1.29, 1.82) is 0 Å². The lowest BCUT2D eigenvalue weighted by Crippen LogP contribution is -2.45. The van der Waals surface area contributed by atoms with E-state index in [1.165, 1.54) is 0 Å². The van der Waals surface area contributed by atoms with Crippen molar-refractivity contribution in [2.45, 2.75) is 57.0 Å². The molecule has 32 heavy (non-hydrogen) atoms. The Morgan fingerprint density at radius 3 is 2.25 bits per heavy atom. The van der Waals surface area contributed by atoms with Crippen molar-refractivity contribution in [2.24, 2.45) is 5.92 Å². The summed E-state index contributed by atoms with van der Waals surface area (Å²) in [4.78, 5) is 15.7. The van der Waals surface area contributed by atoms with Crippen LogP contribution in [0.25, 0.3) is 0 Å². The van der Waals surface area contributed by atoms with Crippen molar-refractivity contribution in [3.05, 3.63) is 59.2 Å². The van der Waals surface area contributed by atoms with Gasteiger partial charge in [-0.2, -0.15) is 4.31 Å². The first kappa shape index (κ1) is 22.8. The van der Waals surface area contributed by atoms with E-state index >= 15 is 0 Å². The topological polar surface area (TPSA) is 66.9 Å². The zero-order valence-corrected chi connectivity index (χ0v) is 19.9. The van der Waals surface area contributed by atoms with Crippen LogP contribution in [-0.4, -0.2) is 49.8 Å². The Morgan fingerprint density at radius 2 is 1.69 bits per heavy atom. The van der Waals surface area contributed by atoms with E-state index < -0.39 is 10.0 Å². The molecule has 0 bridgehead atoms. The number of rotatable bonds is 7.